The second kappa shape index (κ2) is 5.17. The van der Waals surface area contributed by atoms with E-state index in [1.165, 1.54) is 19.3 Å². The summed E-state index contributed by atoms with van der Waals surface area (Å²) >= 11 is 0. The number of hydrogen-bond donors (Lipinski definition) is 2. The van der Waals surface area contributed by atoms with Crippen molar-refractivity contribution in [3.8, 4) is 0 Å². The standard InChI is InChI=1S/C11H20N2O.ClH/c1-2-13-10(14)11-6-4-3-5-9(11)7-12-8-11;/h9,12H,2-8H2,1H3,(H,13,14);1H/t9-,11+;/m0./s1. The highest BCUT2D eigenvalue weighted by Gasteiger charge is 2.49. The van der Waals surface area contributed by atoms with Gasteiger partial charge in [0.25, 0.3) is 0 Å². The monoisotopic (exact) mass is 232 g/mol. The van der Waals surface area contributed by atoms with Crippen molar-refractivity contribution in [2.24, 2.45) is 11.3 Å². The number of amides is 1. The lowest BCUT2D eigenvalue weighted by molar-refractivity contribution is -0.133. The van der Waals surface area contributed by atoms with Crippen molar-refractivity contribution in [1.29, 1.82) is 0 Å². The normalized spacial score (nSPS) is 34.1. The van der Waals surface area contributed by atoms with Crippen LogP contribution in [0.15, 0.2) is 0 Å². The number of halogens is 1. The van der Waals surface area contributed by atoms with Gasteiger partial charge in [-0.3, -0.25) is 4.79 Å². The van der Waals surface area contributed by atoms with Gasteiger partial charge in [0.15, 0.2) is 0 Å². The third kappa shape index (κ3) is 2.13. The van der Waals surface area contributed by atoms with Crippen LogP contribution in [0.5, 0.6) is 0 Å². The highest BCUT2D eigenvalue weighted by molar-refractivity contribution is 5.85. The highest BCUT2D eigenvalue weighted by atomic mass is 35.5. The molecule has 3 nitrogen and oxygen atoms in total. The molecule has 1 saturated heterocycles. The Morgan fingerprint density at radius 2 is 2.33 bits per heavy atom. The van der Waals surface area contributed by atoms with Crippen molar-refractivity contribution in [1.82, 2.24) is 10.6 Å². The molecule has 15 heavy (non-hydrogen) atoms. The predicted octanol–water partition coefficient (Wildman–Crippen LogP) is 1.32. The van der Waals surface area contributed by atoms with Crippen molar-refractivity contribution >= 4 is 18.3 Å². The second-order valence-corrected chi connectivity index (χ2v) is 4.59. The summed E-state index contributed by atoms with van der Waals surface area (Å²) in [7, 11) is 0. The van der Waals surface area contributed by atoms with Gasteiger partial charge in [0.2, 0.25) is 5.91 Å². The van der Waals surface area contributed by atoms with Crippen LogP contribution in [-0.2, 0) is 4.79 Å². The molecule has 2 rings (SSSR count). The lowest BCUT2D eigenvalue weighted by Crippen LogP contribution is -2.47. The van der Waals surface area contributed by atoms with E-state index in [9.17, 15) is 4.79 Å². The number of carbonyl (C=O) groups excluding carboxylic acids is 1. The predicted molar refractivity (Wildman–Crippen MR) is 63.2 cm³/mol. The molecule has 0 aromatic carbocycles. The molecule has 2 N–H and O–H groups in total. The molecule has 0 aromatic heterocycles. The van der Waals surface area contributed by atoms with E-state index in [2.05, 4.69) is 10.6 Å². The van der Waals surface area contributed by atoms with E-state index in [1.54, 1.807) is 0 Å². The average Bonchev–Trinajstić information content (AvgIpc) is 2.62. The Morgan fingerprint density at radius 1 is 1.53 bits per heavy atom. The minimum Gasteiger partial charge on any atom is -0.356 e. The van der Waals surface area contributed by atoms with Gasteiger partial charge in [-0.05, 0) is 32.2 Å². The van der Waals surface area contributed by atoms with Gasteiger partial charge in [-0.15, -0.1) is 12.4 Å². The highest BCUT2D eigenvalue weighted by Crippen LogP contribution is 2.43. The molecule has 0 aromatic rings. The first-order valence-corrected chi connectivity index (χ1v) is 5.78. The summed E-state index contributed by atoms with van der Waals surface area (Å²) in [5, 5.41) is 6.38. The molecule has 1 aliphatic carbocycles. The molecule has 0 spiro atoms. The zero-order chi connectivity index (χ0) is 10.0. The minimum absolute atomic E-state index is 0. The van der Waals surface area contributed by atoms with Crippen LogP contribution in [0.1, 0.15) is 32.6 Å². The topological polar surface area (TPSA) is 41.1 Å². The van der Waals surface area contributed by atoms with Gasteiger partial charge in [0.1, 0.15) is 0 Å². The molecule has 2 aliphatic rings. The Balaban J connectivity index is 0.00000112. The second-order valence-electron chi connectivity index (χ2n) is 4.59. The smallest absolute Gasteiger partial charge is 0.227 e. The van der Waals surface area contributed by atoms with E-state index in [1.807, 2.05) is 6.92 Å². The maximum atomic E-state index is 12.1. The van der Waals surface area contributed by atoms with Crippen LogP contribution in [-0.4, -0.2) is 25.5 Å². The molecule has 1 amide bonds. The molecular formula is C11H21ClN2O. The lowest BCUT2D eigenvalue weighted by atomic mass is 9.67. The van der Waals surface area contributed by atoms with E-state index >= 15 is 0 Å². The van der Waals surface area contributed by atoms with Crippen LogP contribution in [0, 0.1) is 11.3 Å². The van der Waals surface area contributed by atoms with E-state index in [-0.39, 0.29) is 23.7 Å². The Kier molecular flexibility index (Phi) is 4.41. The molecule has 1 saturated carbocycles. The zero-order valence-corrected chi connectivity index (χ0v) is 10.2. The summed E-state index contributed by atoms with van der Waals surface area (Å²) in [6, 6.07) is 0. The van der Waals surface area contributed by atoms with Crippen LogP contribution in [0.4, 0.5) is 0 Å². The lowest BCUT2D eigenvalue weighted by Gasteiger charge is -2.36. The van der Waals surface area contributed by atoms with Crippen LogP contribution in [0.25, 0.3) is 0 Å². The zero-order valence-electron chi connectivity index (χ0n) is 9.34. The fraction of sp³-hybridized carbons (Fsp3) is 0.909. The molecule has 0 radical (unpaired) electrons. The number of hydrogen-bond acceptors (Lipinski definition) is 2. The Hall–Kier alpha value is -0.280. The van der Waals surface area contributed by atoms with Gasteiger partial charge in [-0.2, -0.15) is 0 Å². The minimum atomic E-state index is -0.0612. The SMILES string of the molecule is CCNC(=O)[C@@]12CCCC[C@H]1CNC2.Cl. The molecule has 4 heteroatoms. The van der Waals surface area contributed by atoms with Gasteiger partial charge in [-0.1, -0.05) is 12.8 Å². The van der Waals surface area contributed by atoms with E-state index in [0.717, 1.165) is 26.1 Å². The van der Waals surface area contributed by atoms with Gasteiger partial charge in [0.05, 0.1) is 5.41 Å². The first kappa shape index (κ1) is 12.8. The first-order chi connectivity index (χ1) is 6.79. The third-order valence-electron chi connectivity index (χ3n) is 3.83. The number of carbonyl (C=O) groups is 1. The summed E-state index contributed by atoms with van der Waals surface area (Å²) in [5.41, 5.74) is -0.0612. The molecule has 0 bridgehead atoms. The molecular weight excluding hydrogens is 212 g/mol. The van der Waals surface area contributed by atoms with Crippen molar-refractivity contribution < 1.29 is 4.79 Å². The van der Waals surface area contributed by atoms with Gasteiger partial charge in [-0.25, -0.2) is 0 Å². The van der Waals surface area contributed by atoms with E-state index < -0.39 is 0 Å². The number of fused-ring (bicyclic) bond motifs is 1. The molecule has 0 unspecified atom stereocenters. The first-order valence-electron chi connectivity index (χ1n) is 5.78. The van der Waals surface area contributed by atoms with Crippen LogP contribution < -0.4 is 10.6 Å². The van der Waals surface area contributed by atoms with Crippen LogP contribution >= 0.6 is 12.4 Å². The van der Waals surface area contributed by atoms with Gasteiger partial charge >= 0.3 is 0 Å². The summed E-state index contributed by atoms with van der Waals surface area (Å²) in [4.78, 5) is 12.1. The maximum Gasteiger partial charge on any atom is 0.227 e. The number of rotatable bonds is 2. The van der Waals surface area contributed by atoms with Gasteiger partial charge in [0, 0.05) is 13.1 Å². The van der Waals surface area contributed by atoms with E-state index in [0.29, 0.717) is 5.92 Å². The summed E-state index contributed by atoms with van der Waals surface area (Å²) in [5.74, 6) is 0.873. The maximum absolute atomic E-state index is 12.1. The molecule has 2 fully saturated rings. The quantitative estimate of drug-likeness (QED) is 0.754. The van der Waals surface area contributed by atoms with Crippen molar-refractivity contribution in [2.75, 3.05) is 19.6 Å². The fourth-order valence-corrected chi connectivity index (χ4v) is 3.03. The van der Waals surface area contributed by atoms with Crippen molar-refractivity contribution in [3.63, 3.8) is 0 Å². The van der Waals surface area contributed by atoms with Crippen molar-refractivity contribution in [2.45, 2.75) is 32.6 Å². The van der Waals surface area contributed by atoms with Crippen LogP contribution in [0.2, 0.25) is 0 Å². The van der Waals surface area contributed by atoms with Gasteiger partial charge < -0.3 is 10.6 Å². The Bertz CT molecular complexity index is 235. The Morgan fingerprint density at radius 3 is 3.07 bits per heavy atom. The molecule has 1 aliphatic heterocycles. The fourth-order valence-electron chi connectivity index (χ4n) is 3.03. The molecule has 1 heterocycles. The summed E-state index contributed by atoms with van der Waals surface area (Å²) < 4.78 is 0. The van der Waals surface area contributed by atoms with E-state index in [4.69, 9.17) is 0 Å². The summed E-state index contributed by atoms with van der Waals surface area (Å²) in [6.45, 7) is 4.68. The van der Waals surface area contributed by atoms with Crippen LogP contribution in [0.3, 0.4) is 0 Å². The number of nitrogens with one attached hydrogen (secondary N) is 2. The molecule has 88 valence electrons. The van der Waals surface area contributed by atoms with Crippen molar-refractivity contribution in [3.05, 3.63) is 0 Å². The summed E-state index contributed by atoms with van der Waals surface area (Å²) in [6.07, 6.45) is 4.82. The largest absolute Gasteiger partial charge is 0.356 e. The molecule has 2 atom stereocenters. The Labute approximate surface area is 97.8 Å². The average molecular weight is 233 g/mol. The third-order valence-corrected chi connectivity index (χ3v) is 3.83.